The van der Waals surface area contributed by atoms with Crippen LogP contribution in [-0.2, 0) is 0 Å². The fourth-order valence-electron chi connectivity index (χ4n) is 2.84. The molecule has 1 aliphatic rings. The molecule has 0 fully saturated rings. The molecule has 24 heavy (non-hydrogen) atoms. The molecule has 2 heterocycles. The normalized spacial score (nSPS) is 20.1. The molecular weight excluding hydrogens is 304 g/mol. The summed E-state index contributed by atoms with van der Waals surface area (Å²) in [6.07, 6.45) is 3.90. The molecule has 1 aliphatic heterocycles. The number of carbonyl (C=O) groups is 1. The highest BCUT2D eigenvalue weighted by atomic mass is 16.3. The van der Waals surface area contributed by atoms with Crippen LogP contribution in [0.4, 0.5) is 5.69 Å². The van der Waals surface area contributed by atoms with Gasteiger partial charge in [0.25, 0.3) is 5.91 Å². The Kier molecular flexibility index (Phi) is 4.74. The highest BCUT2D eigenvalue weighted by molar-refractivity contribution is 6.05. The number of amides is 1. The van der Waals surface area contributed by atoms with Crippen molar-refractivity contribution in [2.24, 2.45) is 16.1 Å². The van der Waals surface area contributed by atoms with Crippen molar-refractivity contribution in [3.05, 3.63) is 64.8 Å². The van der Waals surface area contributed by atoms with E-state index in [0.717, 1.165) is 23.4 Å². The van der Waals surface area contributed by atoms with E-state index < -0.39 is 0 Å². The summed E-state index contributed by atoms with van der Waals surface area (Å²) in [6, 6.07) is 10.7. The second kappa shape index (κ2) is 7.12. The van der Waals surface area contributed by atoms with Crippen LogP contribution in [0.15, 0.2) is 59.0 Å². The lowest BCUT2D eigenvalue weighted by molar-refractivity contribution is 0.102. The number of benzene rings is 1. The summed E-state index contributed by atoms with van der Waals surface area (Å²) in [5.74, 6) is 0.0205. The van der Waals surface area contributed by atoms with Crippen LogP contribution in [0.5, 0.6) is 0 Å². The smallest absolute Gasteiger partial charge is 0.255 e. The molecular formula is C18H18N4O2. The first-order valence-corrected chi connectivity index (χ1v) is 7.86. The Morgan fingerprint density at radius 1 is 1.17 bits per heavy atom. The zero-order valence-electron chi connectivity index (χ0n) is 13.3. The standard InChI is InChI=1S/C18H18N4O2/c1-12-10-16(22-24)11-20-17(12)13-2-4-15(5-3-13)21-18(23)14-6-8-19-9-7-14/h2-9,12,16H,10-11H2,1H3,(H,21,23). The first-order chi connectivity index (χ1) is 11.7. The van der Waals surface area contributed by atoms with Gasteiger partial charge in [0, 0.05) is 35.3 Å². The average molecular weight is 322 g/mol. The van der Waals surface area contributed by atoms with Gasteiger partial charge in [0.2, 0.25) is 0 Å². The molecule has 0 saturated heterocycles. The third kappa shape index (κ3) is 3.53. The maximum atomic E-state index is 12.1. The van der Waals surface area contributed by atoms with Crippen molar-refractivity contribution < 1.29 is 4.79 Å². The Hall–Kier alpha value is -2.89. The number of carbonyl (C=O) groups excluding carboxylic acids is 1. The molecule has 1 aromatic carbocycles. The Balaban J connectivity index is 1.71. The van der Waals surface area contributed by atoms with Gasteiger partial charge in [0.05, 0.1) is 6.54 Å². The first kappa shape index (κ1) is 16.0. The lowest BCUT2D eigenvalue weighted by atomic mass is 9.89. The third-order valence-electron chi connectivity index (χ3n) is 4.09. The number of hydrogen-bond acceptors (Lipinski definition) is 5. The van der Waals surface area contributed by atoms with Crippen LogP contribution in [0.1, 0.15) is 29.3 Å². The largest absolute Gasteiger partial charge is 0.322 e. The summed E-state index contributed by atoms with van der Waals surface area (Å²) < 4.78 is 0. The lowest BCUT2D eigenvalue weighted by Gasteiger charge is -2.22. The predicted molar refractivity (Wildman–Crippen MR) is 93.4 cm³/mol. The van der Waals surface area contributed by atoms with E-state index in [2.05, 4.69) is 27.4 Å². The molecule has 1 N–H and O–H groups in total. The SMILES string of the molecule is CC1CC(N=O)CN=C1c1ccc(NC(=O)c2ccncc2)cc1. The van der Waals surface area contributed by atoms with E-state index in [1.165, 1.54) is 0 Å². The van der Waals surface area contributed by atoms with Gasteiger partial charge >= 0.3 is 0 Å². The van der Waals surface area contributed by atoms with Crippen LogP contribution in [0.25, 0.3) is 0 Å². The number of nitroso groups, excluding NO2 is 1. The fraction of sp³-hybridized carbons (Fsp3) is 0.278. The van der Waals surface area contributed by atoms with Gasteiger partial charge in [-0.25, -0.2) is 0 Å². The quantitative estimate of drug-likeness (QED) is 0.877. The minimum atomic E-state index is -0.220. The Morgan fingerprint density at radius 3 is 2.50 bits per heavy atom. The molecule has 0 spiro atoms. The molecule has 0 aliphatic carbocycles. The number of aliphatic imine (C=N–C) groups is 1. The molecule has 2 atom stereocenters. The average Bonchev–Trinajstić information content (AvgIpc) is 2.63. The van der Waals surface area contributed by atoms with Crippen molar-refractivity contribution >= 4 is 17.3 Å². The monoisotopic (exact) mass is 322 g/mol. The Bertz CT molecular complexity index is 756. The van der Waals surface area contributed by atoms with E-state index >= 15 is 0 Å². The minimum Gasteiger partial charge on any atom is -0.322 e. The molecule has 2 aromatic rings. The summed E-state index contributed by atoms with van der Waals surface area (Å²) in [5.41, 5.74) is 3.28. The molecule has 2 unspecified atom stereocenters. The summed E-state index contributed by atoms with van der Waals surface area (Å²) in [6.45, 7) is 2.50. The molecule has 0 saturated carbocycles. The van der Waals surface area contributed by atoms with Gasteiger partial charge < -0.3 is 5.32 Å². The van der Waals surface area contributed by atoms with Crippen molar-refractivity contribution in [3.63, 3.8) is 0 Å². The number of nitrogens with one attached hydrogen (secondary N) is 1. The van der Waals surface area contributed by atoms with Crippen LogP contribution in [0.2, 0.25) is 0 Å². The van der Waals surface area contributed by atoms with E-state index in [0.29, 0.717) is 12.1 Å². The number of aromatic nitrogens is 1. The summed E-state index contributed by atoms with van der Waals surface area (Å²) in [7, 11) is 0. The van der Waals surface area contributed by atoms with E-state index in [4.69, 9.17) is 0 Å². The summed E-state index contributed by atoms with van der Waals surface area (Å²) in [4.78, 5) is 31.2. The zero-order chi connectivity index (χ0) is 16.9. The topological polar surface area (TPSA) is 83.8 Å². The van der Waals surface area contributed by atoms with Crippen molar-refractivity contribution in [3.8, 4) is 0 Å². The minimum absolute atomic E-state index is 0.173. The zero-order valence-corrected chi connectivity index (χ0v) is 13.3. The van der Waals surface area contributed by atoms with Crippen LogP contribution in [0.3, 0.4) is 0 Å². The Morgan fingerprint density at radius 2 is 1.88 bits per heavy atom. The van der Waals surface area contributed by atoms with Gasteiger partial charge in [-0.1, -0.05) is 24.2 Å². The summed E-state index contributed by atoms with van der Waals surface area (Å²) >= 11 is 0. The van der Waals surface area contributed by atoms with Crippen LogP contribution in [0, 0.1) is 10.8 Å². The highest BCUT2D eigenvalue weighted by Gasteiger charge is 2.23. The highest BCUT2D eigenvalue weighted by Crippen LogP contribution is 2.23. The second-order valence-electron chi connectivity index (χ2n) is 5.89. The van der Waals surface area contributed by atoms with Crippen LogP contribution >= 0.6 is 0 Å². The molecule has 0 radical (unpaired) electrons. The predicted octanol–water partition coefficient (Wildman–Crippen LogP) is 3.30. The third-order valence-corrected chi connectivity index (χ3v) is 4.09. The van der Waals surface area contributed by atoms with Crippen molar-refractivity contribution in [1.82, 2.24) is 4.98 Å². The van der Waals surface area contributed by atoms with Gasteiger partial charge in [-0.05, 0) is 36.2 Å². The number of nitrogens with zero attached hydrogens (tertiary/aromatic N) is 3. The van der Waals surface area contributed by atoms with Crippen molar-refractivity contribution in [1.29, 1.82) is 0 Å². The molecule has 3 rings (SSSR count). The second-order valence-corrected chi connectivity index (χ2v) is 5.89. The number of hydrogen-bond donors (Lipinski definition) is 1. The molecule has 0 bridgehead atoms. The molecule has 122 valence electrons. The maximum Gasteiger partial charge on any atom is 0.255 e. The van der Waals surface area contributed by atoms with E-state index in [1.807, 2.05) is 24.3 Å². The molecule has 6 nitrogen and oxygen atoms in total. The molecule has 1 amide bonds. The Labute approximate surface area is 140 Å². The van der Waals surface area contributed by atoms with Gasteiger partial charge in [0.1, 0.15) is 6.04 Å². The van der Waals surface area contributed by atoms with E-state index in [9.17, 15) is 9.70 Å². The number of rotatable bonds is 4. The number of anilines is 1. The van der Waals surface area contributed by atoms with Gasteiger partial charge in [-0.3, -0.25) is 14.8 Å². The van der Waals surface area contributed by atoms with E-state index in [-0.39, 0.29) is 17.9 Å². The van der Waals surface area contributed by atoms with Crippen LogP contribution in [-0.4, -0.2) is 29.2 Å². The van der Waals surface area contributed by atoms with Gasteiger partial charge in [-0.2, -0.15) is 4.91 Å². The van der Waals surface area contributed by atoms with Gasteiger partial charge in [0.15, 0.2) is 0 Å². The molecule has 6 heteroatoms. The first-order valence-electron chi connectivity index (χ1n) is 7.86. The maximum absolute atomic E-state index is 12.1. The van der Waals surface area contributed by atoms with Crippen molar-refractivity contribution in [2.45, 2.75) is 19.4 Å². The lowest BCUT2D eigenvalue weighted by Crippen LogP contribution is -2.26. The summed E-state index contributed by atoms with van der Waals surface area (Å²) in [5, 5.41) is 5.95. The van der Waals surface area contributed by atoms with Gasteiger partial charge in [-0.15, -0.1) is 0 Å². The van der Waals surface area contributed by atoms with E-state index in [1.54, 1.807) is 24.5 Å². The molecule has 1 aromatic heterocycles. The van der Waals surface area contributed by atoms with Crippen LogP contribution < -0.4 is 5.32 Å². The number of pyridine rings is 1. The van der Waals surface area contributed by atoms with Crippen molar-refractivity contribution in [2.75, 3.05) is 11.9 Å². The fourth-order valence-corrected chi connectivity index (χ4v) is 2.84.